The molecule has 6 nitrogen and oxygen atoms in total. The minimum absolute atomic E-state index is 0.141. The van der Waals surface area contributed by atoms with Crippen LogP contribution in [0.2, 0.25) is 0 Å². The third-order valence-electron chi connectivity index (χ3n) is 3.48. The van der Waals surface area contributed by atoms with E-state index < -0.39 is 0 Å². The number of H-pyrrole nitrogens is 1. The van der Waals surface area contributed by atoms with Crippen LogP contribution >= 0.6 is 23.5 Å². The van der Waals surface area contributed by atoms with Crippen molar-refractivity contribution in [2.45, 2.75) is 37.2 Å². The predicted octanol–water partition coefficient (Wildman–Crippen LogP) is 4.20. The number of aryl methyl sites for hydroxylation is 2. The van der Waals surface area contributed by atoms with E-state index in [-0.39, 0.29) is 11.7 Å². The molecule has 3 aromatic rings. The monoisotopic (exact) mass is 387 g/mol. The van der Waals surface area contributed by atoms with Crippen LogP contribution in [-0.2, 0) is 4.79 Å². The molecular weight excluding hydrogens is 366 g/mol. The van der Waals surface area contributed by atoms with Crippen LogP contribution in [0.4, 0.5) is 5.95 Å². The van der Waals surface area contributed by atoms with Gasteiger partial charge in [-0.3, -0.25) is 10.1 Å². The van der Waals surface area contributed by atoms with Crippen LogP contribution in [0.5, 0.6) is 0 Å². The van der Waals surface area contributed by atoms with Crippen LogP contribution < -0.4 is 5.32 Å². The highest BCUT2D eigenvalue weighted by Gasteiger charge is 2.10. The molecule has 0 fully saturated rings. The number of aromatic amines is 1. The van der Waals surface area contributed by atoms with E-state index in [9.17, 15) is 4.79 Å². The summed E-state index contributed by atoms with van der Waals surface area (Å²) < 4.78 is 0. The van der Waals surface area contributed by atoms with E-state index in [1.54, 1.807) is 0 Å². The number of carbonyl (C=O) groups excluding carboxylic acids is 1. The van der Waals surface area contributed by atoms with Crippen LogP contribution in [0.1, 0.15) is 24.7 Å². The van der Waals surface area contributed by atoms with Crippen LogP contribution in [0.3, 0.4) is 0 Å². The lowest BCUT2D eigenvalue weighted by molar-refractivity contribution is -0.113. The Morgan fingerprint density at radius 1 is 1.12 bits per heavy atom. The Morgan fingerprint density at radius 3 is 2.62 bits per heavy atom. The Kier molecular flexibility index (Phi) is 6.16. The summed E-state index contributed by atoms with van der Waals surface area (Å²) in [6.07, 6.45) is 1.13. The van der Waals surface area contributed by atoms with Crippen molar-refractivity contribution in [3.05, 3.63) is 35.7 Å². The summed E-state index contributed by atoms with van der Waals surface area (Å²) in [5.41, 5.74) is 3.56. The summed E-state index contributed by atoms with van der Waals surface area (Å²) in [4.78, 5) is 29.6. The molecule has 8 heteroatoms. The van der Waals surface area contributed by atoms with Crippen LogP contribution in [-0.4, -0.2) is 37.3 Å². The van der Waals surface area contributed by atoms with Crippen LogP contribution in [0, 0.1) is 13.8 Å². The summed E-state index contributed by atoms with van der Waals surface area (Å²) in [6, 6.07) is 8.00. The average molecular weight is 388 g/mol. The maximum Gasteiger partial charge on any atom is 0.237 e. The Bertz CT molecular complexity index is 905. The second kappa shape index (κ2) is 8.55. The molecule has 2 N–H and O–H groups in total. The first-order valence-electron chi connectivity index (χ1n) is 8.41. The lowest BCUT2D eigenvalue weighted by atomic mass is 10.3. The average Bonchev–Trinajstić information content (AvgIpc) is 2.98. The normalized spacial score (nSPS) is 11.0. The topological polar surface area (TPSA) is 83.6 Å². The highest BCUT2D eigenvalue weighted by Crippen LogP contribution is 2.24. The third-order valence-corrected chi connectivity index (χ3v) is 5.53. The highest BCUT2D eigenvalue weighted by molar-refractivity contribution is 7.99. The van der Waals surface area contributed by atoms with Gasteiger partial charge in [0.2, 0.25) is 11.9 Å². The quantitative estimate of drug-likeness (QED) is 0.467. The molecule has 3 rings (SSSR count). The van der Waals surface area contributed by atoms with Crippen LogP contribution in [0.25, 0.3) is 11.0 Å². The van der Waals surface area contributed by atoms with Crippen molar-refractivity contribution in [3.8, 4) is 0 Å². The summed E-state index contributed by atoms with van der Waals surface area (Å²) in [5.74, 6) is 1.64. The van der Waals surface area contributed by atoms with Crippen molar-refractivity contribution in [2.75, 3.05) is 16.8 Å². The Hall–Kier alpha value is -2.06. The maximum absolute atomic E-state index is 12.2. The van der Waals surface area contributed by atoms with E-state index in [4.69, 9.17) is 0 Å². The first-order valence-corrected chi connectivity index (χ1v) is 10.4. The lowest BCUT2D eigenvalue weighted by Crippen LogP contribution is -2.15. The zero-order valence-electron chi connectivity index (χ0n) is 15.0. The lowest BCUT2D eigenvalue weighted by Gasteiger charge is -2.03. The molecule has 0 saturated heterocycles. The zero-order chi connectivity index (χ0) is 18.5. The number of hydrogen-bond acceptors (Lipinski definition) is 6. The molecule has 0 radical (unpaired) electrons. The van der Waals surface area contributed by atoms with Gasteiger partial charge in [0.25, 0.3) is 0 Å². The molecule has 2 aromatic heterocycles. The van der Waals surface area contributed by atoms with Crippen molar-refractivity contribution < 1.29 is 4.79 Å². The summed E-state index contributed by atoms with van der Waals surface area (Å²) in [6.45, 7) is 6.00. The van der Waals surface area contributed by atoms with Crippen molar-refractivity contribution in [1.29, 1.82) is 0 Å². The Morgan fingerprint density at radius 2 is 1.88 bits per heavy atom. The number of rotatable bonds is 7. The van der Waals surface area contributed by atoms with Crippen molar-refractivity contribution in [2.24, 2.45) is 0 Å². The number of imidazole rings is 1. The largest absolute Gasteiger partial charge is 0.324 e. The fourth-order valence-electron chi connectivity index (χ4n) is 2.41. The van der Waals surface area contributed by atoms with E-state index in [1.807, 2.05) is 37.7 Å². The van der Waals surface area contributed by atoms with Gasteiger partial charge in [-0.2, -0.15) is 0 Å². The number of nitrogens with one attached hydrogen (secondary N) is 2. The number of amides is 1. The number of fused-ring (bicyclic) bond motifs is 1. The zero-order valence-corrected chi connectivity index (χ0v) is 16.6. The predicted molar refractivity (Wildman–Crippen MR) is 108 cm³/mol. The maximum atomic E-state index is 12.2. The molecule has 1 aromatic carbocycles. The smallest absolute Gasteiger partial charge is 0.237 e. The number of benzene rings is 1. The Labute approximate surface area is 161 Å². The van der Waals surface area contributed by atoms with E-state index in [0.29, 0.717) is 11.1 Å². The van der Waals surface area contributed by atoms with Gasteiger partial charge in [-0.1, -0.05) is 18.7 Å². The number of aromatic nitrogens is 4. The molecule has 0 aliphatic carbocycles. The molecule has 1 amide bonds. The summed E-state index contributed by atoms with van der Waals surface area (Å²) in [7, 11) is 0. The number of hydrogen-bond donors (Lipinski definition) is 2. The first kappa shape index (κ1) is 18.7. The van der Waals surface area contributed by atoms with Gasteiger partial charge in [0, 0.05) is 16.3 Å². The van der Waals surface area contributed by atoms with Gasteiger partial charge in [-0.25, -0.2) is 15.0 Å². The standard InChI is InChI=1S/C18H21N5OS2/c1-4-7-25-13-5-6-14-15(9-13)22-17(21-14)23-16(24)10-26-18-19-11(2)8-12(3)20-18/h5-6,8-9H,4,7,10H2,1-3H3,(H2,21,22,23,24). The third kappa shape index (κ3) is 4.98. The molecule has 26 heavy (non-hydrogen) atoms. The van der Waals surface area contributed by atoms with Gasteiger partial charge in [-0.15, -0.1) is 11.8 Å². The van der Waals surface area contributed by atoms with Gasteiger partial charge in [0.05, 0.1) is 16.8 Å². The van der Waals surface area contributed by atoms with Crippen molar-refractivity contribution in [1.82, 2.24) is 19.9 Å². The summed E-state index contributed by atoms with van der Waals surface area (Å²) >= 11 is 3.13. The fraction of sp³-hybridized carbons (Fsp3) is 0.333. The van der Waals surface area contributed by atoms with Crippen LogP contribution in [0.15, 0.2) is 34.3 Å². The number of thioether (sulfide) groups is 2. The molecule has 0 aliphatic rings. The van der Waals surface area contributed by atoms with Crippen molar-refractivity contribution in [3.63, 3.8) is 0 Å². The Balaban J connectivity index is 1.61. The second-order valence-corrected chi connectivity index (χ2v) is 7.99. The minimum atomic E-state index is -0.141. The molecule has 0 unspecified atom stereocenters. The van der Waals surface area contributed by atoms with Crippen molar-refractivity contribution >= 4 is 46.4 Å². The molecular formula is C18H21N5OS2. The molecule has 2 heterocycles. The van der Waals surface area contributed by atoms with Gasteiger partial charge >= 0.3 is 0 Å². The molecule has 0 atom stereocenters. The molecule has 0 aliphatic heterocycles. The molecule has 0 spiro atoms. The second-order valence-electron chi connectivity index (χ2n) is 5.88. The van der Waals surface area contributed by atoms with Gasteiger partial charge in [-0.05, 0) is 50.3 Å². The first-order chi connectivity index (χ1) is 12.5. The van der Waals surface area contributed by atoms with E-state index in [1.165, 1.54) is 16.7 Å². The number of anilines is 1. The number of nitrogens with zero attached hydrogens (tertiary/aromatic N) is 3. The van der Waals surface area contributed by atoms with Gasteiger partial charge < -0.3 is 4.98 Å². The highest BCUT2D eigenvalue weighted by atomic mass is 32.2. The minimum Gasteiger partial charge on any atom is -0.324 e. The SMILES string of the molecule is CCCSc1ccc2nc(NC(=O)CSc3nc(C)cc(C)n3)[nH]c2c1. The van der Waals surface area contributed by atoms with E-state index >= 15 is 0 Å². The summed E-state index contributed by atoms with van der Waals surface area (Å²) in [5, 5.41) is 3.42. The molecule has 0 bridgehead atoms. The molecule has 136 valence electrons. The fourth-order valence-corrected chi connectivity index (χ4v) is 3.97. The molecule has 0 saturated carbocycles. The van der Waals surface area contributed by atoms with E-state index in [0.717, 1.165) is 34.6 Å². The number of carbonyl (C=O) groups is 1. The van der Waals surface area contributed by atoms with E-state index in [2.05, 4.69) is 44.3 Å². The van der Waals surface area contributed by atoms with Gasteiger partial charge in [0.1, 0.15) is 0 Å². The van der Waals surface area contributed by atoms with Gasteiger partial charge in [0.15, 0.2) is 5.16 Å².